The zero-order chi connectivity index (χ0) is 14.4. The fourth-order valence-corrected chi connectivity index (χ4v) is 2.94. The number of hydrogen-bond acceptors (Lipinski definition) is 2. The Balaban J connectivity index is 1.97. The molecule has 1 aromatic carbocycles. The van der Waals surface area contributed by atoms with Gasteiger partial charge < -0.3 is 4.74 Å². The van der Waals surface area contributed by atoms with E-state index in [-0.39, 0.29) is 17.5 Å². The largest absolute Gasteiger partial charge is 0.494 e. The van der Waals surface area contributed by atoms with E-state index in [2.05, 4.69) is 0 Å². The van der Waals surface area contributed by atoms with Crippen molar-refractivity contribution in [2.24, 2.45) is 5.92 Å². The summed E-state index contributed by atoms with van der Waals surface area (Å²) in [7, 11) is 1.44. The van der Waals surface area contributed by atoms with Crippen molar-refractivity contribution < 1.29 is 13.9 Å². The molecule has 1 aliphatic carbocycles. The van der Waals surface area contributed by atoms with Crippen LogP contribution in [0, 0.1) is 11.7 Å². The average Bonchev–Trinajstić information content (AvgIpc) is 2.38. The number of methoxy groups -OCH3 is 1. The molecule has 2 nitrogen and oxygen atoms in total. The topological polar surface area (TPSA) is 26.3 Å². The molecule has 1 aliphatic rings. The third kappa shape index (κ3) is 4.06. The molecule has 0 N–H and O–H groups in total. The Kier molecular flexibility index (Phi) is 5.57. The van der Waals surface area contributed by atoms with Gasteiger partial charge >= 0.3 is 0 Å². The summed E-state index contributed by atoms with van der Waals surface area (Å²) in [6, 6.07) is 4.79. The Hall–Kier alpha value is -1.38. The van der Waals surface area contributed by atoms with Crippen LogP contribution in [0.3, 0.4) is 0 Å². The molecule has 3 heteroatoms. The fourth-order valence-electron chi connectivity index (χ4n) is 2.94. The lowest BCUT2D eigenvalue weighted by Crippen LogP contribution is -2.18. The van der Waals surface area contributed by atoms with Crippen molar-refractivity contribution >= 4 is 5.78 Å². The molecule has 0 heterocycles. The van der Waals surface area contributed by atoms with Crippen molar-refractivity contribution in [2.75, 3.05) is 7.11 Å². The summed E-state index contributed by atoms with van der Waals surface area (Å²) in [6.45, 7) is 0. The number of halogens is 1. The summed E-state index contributed by atoms with van der Waals surface area (Å²) in [5.41, 5.74) is 0.746. The Morgan fingerprint density at radius 1 is 1.20 bits per heavy atom. The van der Waals surface area contributed by atoms with Crippen LogP contribution in [-0.2, 0) is 11.2 Å². The molecule has 20 heavy (non-hydrogen) atoms. The van der Waals surface area contributed by atoms with Crippen LogP contribution >= 0.6 is 0 Å². The first-order valence-corrected chi connectivity index (χ1v) is 7.56. The predicted molar refractivity (Wildman–Crippen MR) is 77.5 cm³/mol. The second-order valence-electron chi connectivity index (χ2n) is 5.65. The average molecular weight is 278 g/mol. The van der Waals surface area contributed by atoms with E-state index in [1.165, 1.54) is 32.4 Å². The number of hydrogen-bond donors (Lipinski definition) is 0. The van der Waals surface area contributed by atoms with Gasteiger partial charge in [0.25, 0.3) is 0 Å². The minimum Gasteiger partial charge on any atom is -0.494 e. The number of Topliss-reactive ketones (excluding diaryl/α,β-unsaturated/α-hetero) is 1. The molecule has 0 unspecified atom stereocenters. The van der Waals surface area contributed by atoms with Crippen LogP contribution in [0.4, 0.5) is 4.39 Å². The first kappa shape index (κ1) is 15.0. The van der Waals surface area contributed by atoms with Crippen LogP contribution in [0.25, 0.3) is 0 Å². The normalized spacial score (nSPS) is 17.3. The first-order chi connectivity index (χ1) is 9.70. The van der Waals surface area contributed by atoms with E-state index in [0.717, 1.165) is 31.2 Å². The lowest BCUT2D eigenvalue weighted by Gasteiger charge is -2.18. The molecule has 1 fully saturated rings. The molecule has 0 bridgehead atoms. The highest BCUT2D eigenvalue weighted by Crippen LogP contribution is 2.25. The van der Waals surface area contributed by atoms with Crippen LogP contribution in [-0.4, -0.2) is 12.9 Å². The van der Waals surface area contributed by atoms with Gasteiger partial charge in [0.1, 0.15) is 5.78 Å². The van der Waals surface area contributed by atoms with Crippen LogP contribution in [0.1, 0.15) is 50.5 Å². The van der Waals surface area contributed by atoms with Crippen molar-refractivity contribution in [1.29, 1.82) is 0 Å². The summed E-state index contributed by atoms with van der Waals surface area (Å²) in [4.78, 5) is 12.3. The Bertz CT molecular complexity index is 448. The van der Waals surface area contributed by atoms with Gasteiger partial charge in [-0.2, -0.15) is 0 Å². The molecule has 2 rings (SSSR count). The van der Waals surface area contributed by atoms with Gasteiger partial charge in [0, 0.05) is 12.3 Å². The monoisotopic (exact) mass is 278 g/mol. The van der Waals surface area contributed by atoms with Gasteiger partial charge in [-0.1, -0.05) is 38.2 Å². The Morgan fingerprint density at radius 2 is 1.85 bits per heavy atom. The van der Waals surface area contributed by atoms with E-state index < -0.39 is 5.82 Å². The van der Waals surface area contributed by atoms with Crippen molar-refractivity contribution in [2.45, 2.75) is 51.4 Å². The molecule has 1 aromatic rings. The molecule has 1 saturated carbocycles. The van der Waals surface area contributed by atoms with Gasteiger partial charge in [0.2, 0.25) is 0 Å². The minimum atomic E-state index is -0.393. The Morgan fingerprint density at radius 3 is 2.45 bits per heavy atom. The summed E-state index contributed by atoms with van der Waals surface area (Å²) in [5, 5.41) is 0. The SMILES string of the molecule is COc1ccc(CC(=O)C2CCCCCCC2)cc1F. The van der Waals surface area contributed by atoms with Gasteiger partial charge in [0.15, 0.2) is 11.6 Å². The molecule has 0 saturated heterocycles. The highest BCUT2D eigenvalue weighted by molar-refractivity contribution is 5.83. The smallest absolute Gasteiger partial charge is 0.165 e. The molecule has 110 valence electrons. The fraction of sp³-hybridized carbons (Fsp3) is 0.588. The van der Waals surface area contributed by atoms with Crippen LogP contribution in [0.15, 0.2) is 18.2 Å². The highest BCUT2D eigenvalue weighted by Gasteiger charge is 2.19. The maximum Gasteiger partial charge on any atom is 0.165 e. The van der Waals surface area contributed by atoms with Gasteiger partial charge in [-0.05, 0) is 30.5 Å². The van der Waals surface area contributed by atoms with Crippen molar-refractivity contribution in [3.63, 3.8) is 0 Å². The van der Waals surface area contributed by atoms with E-state index >= 15 is 0 Å². The zero-order valence-corrected chi connectivity index (χ0v) is 12.2. The molecular weight excluding hydrogens is 255 g/mol. The highest BCUT2D eigenvalue weighted by atomic mass is 19.1. The van der Waals surface area contributed by atoms with E-state index in [9.17, 15) is 9.18 Å². The summed E-state index contributed by atoms with van der Waals surface area (Å²) in [5.74, 6) is 0.263. The number of ketones is 1. The van der Waals surface area contributed by atoms with Crippen LogP contribution in [0.5, 0.6) is 5.75 Å². The van der Waals surface area contributed by atoms with Crippen molar-refractivity contribution in [3.05, 3.63) is 29.6 Å². The summed E-state index contributed by atoms with van der Waals surface area (Å²) in [6.07, 6.45) is 8.40. The number of benzene rings is 1. The number of rotatable bonds is 4. The first-order valence-electron chi connectivity index (χ1n) is 7.56. The maximum atomic E-state index is 13.6. The van der Waals surface area contributed by atoms with Crippen molar-refractivity contribution in [3.8, 4) is 5.75 Å². The molecular formula is C17H23FO2. The lowest BCUT2D eigenvalue weighted by molar-refractivity contribution is -0.122. The summed E-state index contributed by atoms with van der Waals surface area (Å²) < 4.78 is 18.5. The quantitative estimate of drug-likeness (QED) is 0.820. The van der Waals surface area contributed by atoms with E-state index in [4.69, 9.17) is 4.74 Å². The van der Waals surface area contributed by atoms with E-state index in [1.54, 1.807) is 12.1 Å². The second kappa shape index (κ2) is 7.41. The number of ether oxygens (including phenoxy) is 1. The third-order valence-electron chi connectivity index (χ3n) is 4.16. The molecule has 0 amide bonds. The van der Waals surface area contributed by atoms with Crippen molar-refractivity contribution in [1.82, 2.24) is 0 Å². The molecule has 0 radical (unpaired) electrons. The number of carbonyl (C=O) groups is 1. The van der Waals surface area contributed by atoms with Gasteiger partial charge in [-0.3, -0.25) is 4.79 Å². The van der Waals surface area contributed by atoms with Gasteiger partial charge in [0.05, 0.1) is 7.11 Å². The van der Waals surface area contributed by atoms with Crippen LogP contribution in [0.2, 0.25) is 0 Å². The second-order valence-corrected chi connectivity index (χ2v) is 5.65. The zero-order valence-electron chi connectivity index (χ0n) is 12.2. The maximum absolute atomic E-state index is 13.6. The van der Waals surface area contributed by atoms with E-state index in [1.807, 2.05) is 0 Å². The standard InChI is InChI=1S/C17H23FO2/c1-20-17-10-9-13(11-15(17)18)12-16(19)14-7-5-3-2-4-6-8-14/h9-11,14H,2-8,12H2,1H3. The molecule has 0 spiro atoms. The van der Waals surface area contributed by atoms with Gasteiger partial charge in [-0.25, -0.2) is 4.39 Å². The predicted octanol–water partition coefficient (Wildman–Crippen LogP) is 4.31. The molecule has 0 atom stereocenters. The molecule has 0 aliphatic heterocycles. The number of carbonyl (C=O) groups excluding carboxylic acids is 1. The molecule has 0 aromatic heterocycles. The minimum absolute atomic E-state index is 0.167. The summed E-state index contributed by atoms with van der Waals surface area (Å²) >= 11 is 0. The van der Waals surface area contributed by atoms with Crippen LogP contribution < -0.4 is 4.74 Å². The van der Waals surface area contributed by atoms with Gasteiger partial charge in [-0.15, -0.1) is 0 Å². The lowest BCUT2D eigenvalue weighted by atomic mass is 9.86. The third-order valence-corrected chi connectivity index (χ3v) is 4.16. The van der Waals surface area contributed by atoms with E-state index in [0.29, 0.717) is 6.42 Å². The Labute approximate surface area is 120 Å².